The highest BCUT2D eigenvalue weighted by Crippen LogP contribution is 2.21. The molecule has 2 N–H and O–H groups in total. The van der Waals surface area contributed by atoms with E-state index in [0.29, 0.717) is 5.69 Å². The fraction of sp³-hybridized carbons (Fsp3) is 0.400. The standard InChI is InChI=1S/C15H20N4O2/c1-11(20)15(12(2)21)18-17-13-3-5-14(6-4-13)19-9-7-16-8-10-19/h3-6,16,20H,7-10H2,1-2H3. The third kappa shape index (κ3) is 4.13. The van der Waals surface area contributed by atoms with Gasteiger partial charge in [-0.15, -0.1) is 5.11 Å². The zero-order valence-corrected chi connectivity index (χ0v) is 12.3. The predicted octanol–water partition coefficient (Wildman–Crippen LogP) is 2.56. The number of Topliss-reactive ketones (excluding diaryl/α,β-unsaturated/α-hetero) is 1. The van der Waals surface area contributed by atoms with Crippen molar-refractivity contribution < 1.29 is 9.90 Å². The summed E-state index contributed by atoms with van der Waals surface area (Å²) in [4.78, 5) is 13.6. The summed E-state index contributed by atoms with van der Waals surface area (Å²) in [5.41, 5.74) is 1.78. The average Bonchev–Trinajstić information content (AvgIpc) is 2.48. The first-order valence-corrected chi connectivity index (χ1v) is 6.96. The molecule has 1 saturated heterocycles. The normalized spacial score (nSPS) is 17.0. The van der Waals surface area contributed by atoms with Gasteiger partial charge in [0.25, 0.3) is 0 Å². The SMILES string of the molecule is CC(=O)C(N=Nc1ccc(N2CCNCC2)cc1)=C(C)O. The third-order valence-electron chi connectivity index (χ3n) is 3.27. The Morgan fingerprint density at radius 2 is 1.81 bits per heavy atom. The first-order valence-electron chi connectivity index (χ1n) is 6.96. The molecule has 1 fully saturated rings. The zero-order chi connectivity index (χ0) is 15.2. The van der Waals surface area contributed by atoms with Crippen LogP contribution in [0.3, 0.4) is 0 Å². The minimum Gasteiger partial charge on any atom is -0.510 e. The van der Waals surface area contributed by atoms with Crippen molar-refractivity contribution in [3.8, 4) is 0 Å². The number of carbonyl (C=O) groups is 1. The van der Waals surface area contributed by atoms with Gasteiger partial charge in [-0.25, -0.2) is 0 Å². The summed E-state index contributed by atoms with van der Waals surface area (Å²) in [6.07, 6.45) is 0. The first-order chi connectivity index (χ1) is 10.1. The van der Waals surface area contributed by atoms with Crippen LogP contribution in [0.2, 0.25) is 0 Å². The van der Waals surface area contributed by atoms with Gasteiger partial charge < -0.3 is 15.3 Å². The molecule has 6 heteroatoms. The fourth-order valence-corrected chi connectivity index (χ4v) is 2.16. The van der Waals surface area contributed by atoms with Gasteiger partial charge in [-0.1, -0.05) is 0 Å². The van der Waals surface area contributed by atoms with Gasteiger partial charge >= 0.3 is 0 Å². The summed E-state index contributed by atoms with van der Waals surface area (Å²) in [5.74, 6) is -0.431. The maximum absolute atomic E-state index is 11.3. The molecule has 0 unspecified atom stereocenters. The van der Waals surface area contributed by atoms with Crippen molar-refractivity contribution in [1.29, 1.82) is 0 Å². The topological polar surface area (TPSA) is 77.3 Å². The minimum absolute atomic E-state index is 0.0128. The number of aliphatic hydroxyl groups excluding tert-OH is 1. The Balaban J connectivity index is 2.08. The van der Waals surface area contributed by atoms with Crippen LogP contribution in [0.5, 0.6) is 0 Å². The Hall–Kier alpha value is -2.21. The number of carbonyl (C=O) groups excluding carboxylic acids is 1. The fourth-order valence-electron chi connectivity index (χ4n) is 2.16. The second-order valence-corrected chi connectivity index (χ2v) is 4.94. The van der Waals surface area contributed by atoms with Crippen LogP contribution >= 0.6 is 0 Å². The number of allylic oxidation sites excluding steroid dienone is 2. The van der Waals surface area contributed by atoms with Crippen LogP contribution in [0.15, 0.2) is 46.0 Å². The van der Waals surface area contributed by atoms with Crippen molar-refractivity contribution in [3.05, 3.63) is 35.7 Å². The summed E-state index contributed by atoms with van der Waals surface area (Å²) in [6, 6.07) is 7.68. The van der Waals surface area contributed by atoms with E-state index in [9.17, 15) is 9.90 Å². The largest absolute Gasteiger partial charge is 0.510 e. The number of aliphatic hydroxyl groups is 1. The lowest BCUT2D eigenvalue weighted by atomic mass is 10.2. The molecule has 0 amide bonds. The molecule has 0 saturated carbocycles. The molecule has 21 heavy (non-hydrogen) atoms. The molecule has 0 radical (unpaired) electrons. The molecule has 1 heterocycles. The van der Waals surface area contributed by atoms with Gasteiger partial charge in [0.2, 0.25) is 0 Å². The van der Waals surface area contributed by atoms with E-state index in [4.69, 9.17) is 0 Å². The quantitative estimate of drug-likeness (QED) is 0.507. The van der Waals surface area contributed by atoms with Gasteiger partial charge in [0.05, 0.1) is 5.69 Å². The maximum Gasteiger partial charge on any atom is 0.183 e. The Bertz CT molecular complexity index is 554. The number of benzene rings is 1. The minimum atomic E-state index is -0.309. The smallest absolute Gasteiger partial charge is 0.183 e. The van der Waals surface area contributed by atoms with Crippen LogP contribution in [-0.2, 0) is 4.79 Å². The molecule has 112 valence electrons. The van der Waals surface area contributed by atoms with Crippen LogP contribution in [0.25, 0.3) is 0 Å². The van der Waals surface area contributed by atoms with E-state index in [1.165, 1.54) is 13.8 Å². The number of hydrogen-bond acceptors (Lipinski definition) is 6. The van der Waals surface area contributed by atoms with Crippen molar-refractivity contribution in [3.63, 3.8) is 0 Å². The number of nitrogens with zero attached hydrogens (tertiary/aromatic N) is 3. The summed E-state index contributed by atoms with van der Waals surface area (Å²) >= 11 is 0. The molecule has 0 atom stereocenters. The summed E-state index contributed by atoms with van der Waals surface area (Å²) < 4.78 is 0. The molecule has 0 bridgehead atoms. The van der Waals surface area contributed by atoms with E-state index in [1.54, 1.807) is 0 Å². The molecule has 6 nitrogen and oxygen atoms in total. The Kier molecular flexibility index (Phi) is 5.05. The molecule has 0 spiro atoms. The highest BCUT2D eigenvalue weighted by molar-refractivity contribution is 5.93. The molecule has 1 aromatic carbocycles. The molecule has 1 aliphatic heterocycles. The summed E-state index contributed by atoms with van der Waals surface area (Å²) in [5, 5.41) is 20.5. The lowest BCUT2D eigenvalue weighted by Crippen LogP contribution is -2.43. The lowest BCUT2D eigenvalue weighted by molar-refractivity contribution is -0.113. The van der Waals surface area contributed by atoms with E-state index in [1.807, 2.05) is 24.3 Å². The van der Waals surface area contributed by atoms with E-state index >= 15 is 0 Å². The van der Waals surface area contributed by atoms with Gasteiger partial charge in [0, 0.05) is 38.8 Å². The highest BCUT2D eigenvalue weighted by Gasteiger charge is 2.10. The summed E-state index contributed by atoms with van der Waals surface area (Å²) in [7, 11) is 0. The molecule has 1 aromatic rings. The van der Waals surface area contributed by atoms with Crippen LogP contribution in [0, 0.1) is 0 Å². The van der Waals surface area contributed by atoms with Gasteiger partial charge in [-0.2, -0.15) is 5.11 Å². The van der Waals surface area contributed by atoms with Crippen molar-refractivity contribution in [2.75, 3.05) is 31.1 Å². The Morgan fingerprint density at radius 1 is 1.19 bits per heavy atom. The maximum atomic E-state index is 11.3. The van der Waals surface area contributed by atoms with Crippen LogP contribution in [-0.4, -0.2) is 37.1 Å². The lowest BCUT2D eigenvalue weighted by Gasteiger charge is -2.29. The van der Waals surface area contributed by atoms with Gasteiger partial charge in [-0.3, -0.25) is 4.79 Å². The molecule has 0 aliphatic carbocycles. The van der Waals surface area contributed by atoms with Crippen molar-refractivity contribution in [2.45, 2.75) is 13.8 Å². The van der Waals surface area contributed by atoms with Crippen LogP contribution in [0.4, 0.5) is 11.4 Å². The average molecular weight is 288 g/mol. The number of nitrogens with one attached hydrogen (secondary N) is 1. The van der Waals surface area contributed by atoms with E-state index in [-0.39, 0.29) is 17.2 Å². The van der Waals surface area contributed by atoms with Gasteiger partial charge in [0.15, 0.2) is 11.5 Å². The Labute approximate surface area is 124 Å². The van der Waals surface area contributed by atoms with Crippen molar-refractivity contribution >= 4 is 17.2 Å². The number of anilines is 1. The third-order valence-corrected chi connectivity index (χ3v) is 3.27. The molecule has 0 aromatic heterocycles. The number of rotatable bonds is 4. The van der Waals surface area contributed by atoms with Gasteiger partial charge in [-0.05, 0) is 31.2 Å². The number of azo groups is 1. The van der Waals surface area contributed by atoms with E-state index in [2.05, 4.69) is 20.4 Å². The van der Waals surface area contributed by atoms with Crippen LogP contribution in [0.1, 0.15) is 13.8 Å². The Morgan fingerprint density at radius 3 is 2.33 bits per heavy atom. The van der Waals surface area contributed by atoms with Crippen molar-refractivity contribution in [2.24, 2.45) is 10.2 Å². The number of piperazine rings is 1. The second kappa shape index (κ2) is 6.99. The van der Waals surface area contributed by atoms with Crippen LogP contribution < -0.4 is 10.2 Å². The zero-order valence-electron chi connectivity index (χ0n) is 12.3. The van der Waals surface area contributed by atoms with Crippen molar-refractivity contribution in [1.82, 2.24) is 5.32 Å². The molecular formula is C15H20N4O2. The molecule has 2 rings (SSSR count). The number of hydrogen-bond donors (Lipinski definition) is 2. The highest BCUT2D eigenvalue weighted by atomic mass is 16.3. The predicted molar refractivity (Wildman–Crippen MR) is 82.1 cm³/mol. The molecular weight excluding hydrogens is 268 g/mol. The first kappa shape index (κ1) is 15.2. The summed E-state index contributed by atoms with van der Waals surface area (Å²) in [6.45, 7) is 6.72. The number of ketones is 1. The van der Waals surface area contributed by atoms with E-state index < -0.39 is 0 Å². The second-order valence-electron chi connectivity index (χ2n) is 4.94. The van der Waals surface area contributed by atoms with Gasteiger partial charge in [0.1, 0.15) is 5.76 Å². The molecule has 1 aliphatic rings. The monoisotopic (exact) mass is 288 g/mol. The van der Waals surface area contributed by atoms with E-state index in [0.717, 1.165) is 31.9 Å².